The SMILES string of the molecule is CCS(=O)(=O)c1ccc(NCc2cn[nH]c2N)cc1. The average molecular weight is 280 g/mol. The van der Waals surface area contributed by atoms with E-state index in [1.807, 2.05) is 0 Å². The highest BCUT2D eigenvalue weighted by molar-refractivity contribution is 7.91. The Morgan fingerprint density at radius 1 is 1.32 bits per heavy atom. The second-order valence-corrected chi connectivity index (χ2v) is 6.37. The number of benzene rings is 1. The molecule has 0 aliphatic heterocycles. The van der Waals surface area contributed by atoms with Gasteiger partial charge in [-0.2, -0.15) is 5.10 Å². The van der Waals surface area contributed by atoms with E-state index >= 15 is 0 Å². The van der Waals surface area contributed by atoms with Gasteiger partial charge in [-0.1, -0.05) is 6.92 Å². The Labute approximate surface area is 111 Å². The van der Waals surface area contributed by atoms with Gasteiger partial charge in [0, 0.05) is 17.8 Å². The first-order valence-electron chi connectivity index (χ1n) is 5.87. The first-order valence-corrected chi connectivity index (χ1v) is 7.52. The van der Waals surface area contributed by atoms with Crippen molar-refractivity contribution in [3.63, 3.8) is 0 Å². The summed E-state index contributed by atoms with van der Waals surface area (Å²) in [5.74, 6) is 0.628. The molecule has 0 saturated heterocycles. The standard InChI is InChI=1S/C12H16N4O2S/c1-2-19(17,18)11-5-3-10(4-6-11)14-7-9-8-15-16-12(9)13/h3-6,8,14H,2,7H2,1H3,(H3,13,15,16). The molecular weight excluding hydrogens is 264 g/mol. The molecule has 0 bridgehead atoms. The van der Waals surface area contributed by atoms with Crippen LogP contribution in [0.25, 0.3) is 0 Å². The van der Waals surface area contributed by atoms with E-state index < -0.39 is 9.84 Å². The van der Waals surface area contributed by atoms with E-state index in [0.717, 1.165) is 11.3 Å². The molecule has 1 aromatic heterocycles. The van der Waals surface area contributed by atoms with Crippen LogP contribution >= 0.6 is 0 Å². The summed E-state index contributed by atoms with van der Waals surface area (Å²) in [6, 6.07) is 6.66. The molecule has 0 spiro atoms. The molecule has 0 unspecified atom stereocenters. The lowest BCUT2D eigenvalue weighted by Gasteiger charge is -2.07. The van der Waals surface area contributed by atoms with Crippen LogP contribution in [-0.2, 0) is 16.4 Å². The number of aromatic amines is 1. The molecule has 2 rings (SSSR count). The second-order valence-electron chi connectivity index (χ2n) is 4.09. The molecule has 0 saturated carbocycles. The van der Waals surface area contributed by atoms with Crippen LogP contribution in [0.1, 0.15) is 12.5 Å². The number of aromatic nitrogens is 2. The van der Waals surface area contributed by atoms with Gasteiger partial charge in [-0.25, -0.2) is 8.42 Å². The minimum Gasteiger partial charge on any atom is -0.384 e. The zero-order valence-corrected chi connectivity index (χ0v) is 11.4. The number of nitrogen functional groups attached to an aromatic ring is 1. The molecule has 7 heteroatoms. The van der Waals surface area contributed by atoms with Crippen LogP contribution in [0.2, 0.25) is 0 Å². The van der Waals surface area contributed by atoms with Crippen molar-refractivity contribution in [2.75, 3.05) is 16.8 Å². The van der Waals surface area contributed by atoms with Crippen LogP contribution in [0.3, 0.4) is 0 Å². The van der Waals surface area contributed by atoms with Crippen molar-refractivity contribution < 1.29 is 8.42 Å². The predicted octanol–water partition coefficient (Wildman–Crippen LogP) is 1.40. The molecule has 6 nitrogen and oxygen atoms in total. The predicted molar refractivity (Wildman–Crippen MR) is 74.5 cm³/mol. The van der Waals surface area contributed by atoms with Crippen molar-refractivity contribution in [3.05, 3.63) is 36.0 Å². The number of hydrogen-bond donors (Lipinski definition) is 3. The summed E-state index contributed by atoms with van der Waals surface area (Å²) in [6.07, 6.45) is 1.65. The van der Waals surface area contributed by atoms with Crippen LogP contribution < -0.4 is 11.1 Å². The minimum absolute atomic E-state index is 0.103. The van der Waals surface area contributed by atoms with E-state index in [0.29, 0.717) is 17.3 Å². The molecule has 0 amide bonds. The fourth-order valence-corrected chi connectivity index (χ4v) is 2.49. The molecule has 4 N–H and O–H groups in total. The molecule has 0 aliphatic rings. The third kappa shape index (κ3) is 3.05. The fraction of sp³-hybridized carbons (Fsp3) is 0.250. The molecule has 1 heterocycles. The number of nitrogens with zero attached hydrogens (tertiary/aromatic N) is 1. The Balaban J connectivity index is 2.06. The highest BCUT2D eigenvalue weighted by atomic mass is 32.2. The van der Waals surface area contributed by atoms with E-state index in [1.165, 1.54) is 0 Å². The summed E-state index contributed by atoms with van der Waals surface area (Å²) < 4.78 is 23.3. The van der Waals surface area contributed by atoms with Crippen molar-refractivity contribution in [2.45, 2.75) is 18.4 Å². The number of nitrogens with one attached hydrogen (secondary N) is 2. The normalized spacial score (nSPS) is 11.4. The Morgan fingerprint density at radius 3 is 2.53 bits per heavy atom. The maximum atomic E-state index is 11.7. The lowest BCUT2D eigenvalue weighted by atomic mass is 10.3. The zero-order valence-electron chi connectivity index (χ0n) is 10.6. The van der Waals surface area contributed by atoms with Crippen molar-refractivity contribution in [1.82, 2.24) is 10.2 Å². The summed E-state index contributed by atoms with van der Waals surface area (Å²) in [4.78, 5) is 0.336. The van der Waals surface area contributed by atoms with E-state index in [2.05, 4.69) is 15.5 Å². The smallest absolute Gasteiger partial charge is 0.178 e. The maximum Gasteiger partial charge on any atom is 0.178 e. The fourth-order valence-electron chi connectivity index (χ4n) is 1.61. The Morgan fingerprint density at radius 2 is 2.00 bits per heavy atom. The van der Waals surface area contributed by atoms with Crippen LogP contribution in [0, 0.1) is 0 Å². The van der Waals surface area contributed by atoms with E-state index in [4.69, 9.17) is 5.73 Å². The largest absolute Gasteiger partial charge is 0.384 e. The molecule has 102 valence electrons. The lowest BCUT2D eigenvalue weighted by Crippen LogP contribution is -2.04. The summed E-state index contributed by atoms with van der Waals surface area (Å²) in [5.41, 5.74) is 7.36. The zero-order chi connectivity index (χ0) is 13.9. The Bertz CT molecular complexity index is 647. The van der Waals surface area contributed by atoms with E-state index in [9.17, 15) is 8.42 Å². The van der Waals surface area contributed by atoms with Crippen molar-refractivity contribution in [3.8, 4) is 0 Å². The van der Waals surface area contributed by atoms with Gasteiger partial charge in [-0.15, -0.1) is 0 Å². The van der Waals surface area contributed by atoms with Gasteiger partial charge in [0.15, 0.2) is 9.84 Å². The topological polar surface area (TPSA) is 101 Å². The van der Waals surface area contributed by atoms with Crippen LogP contribution in [0.4, 0.5) is 11.5 Å². The summed E-state index contributed by atoms with van der Waals surface area (Å²) >= 11 is 0. The third-order valence-electron chi connectivity index (χ3n) is 2.83. The number of sulfone groups is 1. The summed E-state index contributed by atoms with van der Waals surface area (Å²) in [6.45, 7) is 2.16. The molecular formula is C12H16N4O2S. The molecule has 0 radical (unpaired) electrons. The van der Waals surface area contributed by atoms with Gasteiger partial charge in [0.05, 0.1) is 16.8 Å². The van der Waals surface area contributed by atoms with Crippen molar-refractivity contribution >= 4 is 21.3 Å². The molecule has 1 aromatic carbocycles. The van der Waals surface area contributed by atoms with Crippen molar-refractivity contribution in [2.24, 2.45) is 0 Å². The van der Waals surface area contributed by atoms with Crippen LogP contribution in [0.5, 0.6) is 0 Å². The molecule has 0 fully saturated rings. The van der Waals surface area contributed by atoms with Gasteiger partial charge in [0.2, 0.25) is 0 Å². The van der Waals surface area contributed by atoms with Gasteiger partial charge in [0.1, 0.15) is 5.82 Å². The first kappa shape index (κ1) is 13.4. The quantitative estimate of drug-likeness (QED) is 0.768. The third-order valence-corrected chi connectivity index (χ3v) is 4.58. The van der Waals surface area contributed by atoms with Gasteiger partial charge in [0.25, 0.3) is 0 Å². The minimum atomic E-state index is -3.14. The average Bonchev–Trinajstić information content (AvgIpc) is 2.82. The van der Waals surface area contributed by atoms with Gasteiger partial charge < -0.3 is 11.1 Å². The number of H-pyrrole nitrogens is 1. The molecule has 19 heavy (non-hydrogen) atoms. The molecule has 0 aliphatic carbocycles. The highest BCUT2D eigenvalue weighted by Gasteiger charge is 2.10. The molecule has 0 atom stereocenters. The van der Waals surface area contributed by atoms with Gasteiger partial charge in [-0.05, 0) is 24.3 Å². The van der Waals surface area contributed by atoms with Gasteiger partial charge in [-0.3, -0.25) is 5.10 Å². The first-order chi connectivity index (χ1) is 9.03. The van der Waals surface area contributed by atoms with Crippen LogP contribution in [-0.4, -0.2) is 24.4 Å². The Kier molecular flexibility index (Phi) is 3.75. The van der Waals surface area contributed by atoms with E-state index in [1.54, 1.807) is 37.4 Å². The number of rotatable bonds is 5. The number of anilines is 2. The summed E-state index contributed by atoms with van der Waals surface area (Å²) in [7, 11) is -3.14. The highest BCUT2D eigenvalue weighted by Crippen LogP contribution is 2.16. The Hall–Kier alpha value is -2.02. The molecule has 2 aromatic rings. The second kappa shape index (κ2) is 5.31. The number of hydrogen-bond acceptors (Lipinski definition) is 5. The maximum absolute atomic E-state index is 11.7. The number of nitrogens with two attached hydrogens (primary N) is 1. The van der Waals surface area contributed by atoms with E-state index in [-0.39, 0.29) is 5.75 Å². The monoisotopic (exact) mass is 280 g/mol. The van der Waals surface area contributed by atoms with Gasteiger partial charge >= 0.3 is 0 Å². The summed E-state index contributed by atoms with van der Waals surface area (Å²) in [5, 5.41) is 9.62. The van der Waals surface area contributed by atoms with Crippen LogP contribution in [0.15, 0.2) is 35.4 Å². The lowest BCUT2D eigenvalue weighted by molar-refractivity contribution is 0.597. The van der Waals surface area contributed by atoms with Crippen molar-refractivity contribution in [1.29, 1.82) is 0 Å².